The van der Waals surface area contributed by atoms with Crippen LogP contribution < -0.4 is 5.32 Å². The largest absolute Gasteiger partial charge is 0.317 e. The van der Waals surface area contributed by atoms with Crippen molar-refractivity contribution in [2.24, 2.45) is 0 Å². The normalized spacial score (nSPS) is 10.5. The van der Waals surface area contributed by atoms with Gasteiger partial charge in [0.15, 0.2) is 0 Å². The van der Waals surface area contributed by atoms with Gasteiger partial charge in [0, 0.05) is 0 Å². The van der Waals surface area contributed by atoms with Gasteiger partial charge in [0.2, 0.25) is 0 Å². The van der Waals surface area contributed by atoms with Crippen LogP contribution in [0.2, 0.25) is 0 Å². The molecule has 0 saturated heterocycles. The molecule has 0 rings (SSSR count). The predicted molar refractivity (Wildman–Crippen MR) is 60.8 cm³/mol. The lowest BCUT2D eigenvalue weighted by molar-refractivity contribution is 0.457. The topological polar surface area (TPSA) is 12.0 Å². The molecule has 0 amide bonds. The summed E-state index contributed by atoms with van der Waals surface area (Å²) in [5, 5.41) is 3.22. The van der Waals surface area contributed by atoms with Crippen molar-refractivity contribution in [3.05, 3.63) is 0 Å². The van der Waals surface area contributed by atoms with Gasteiger partial charge < -0.3 is 5.32 Å². The zero-order valence-electron chi connectivity index (χ0n) is 7.62. The highest BCUT2D eigenvalue weighted by Gasteiger charge is 1.89. The molecule has 0 radical (unpaired) electrons. The van der Waals surface area contributed by atoms with Crippen LogP contribution >= 0.6 is 22.6 Å². The van der Waals surface area contributed by atoms with E-state index < -0.39 is 0 Å². The number of hydrogen-bond acceptors (Lipinski definition) is 1. The van der Waals surface area contributed by atoms with Gasteiger partial charge in [0.25, 0.3) is 0 Å². The highest BCUT2D eigenvalue weighted by molar-refractivity contribution is 14.1. The molecule has 0 aliphatic heterocycles. The number of alkyl halides is 2. The first-order chi connectivity index (χ1) is 5.91. The quantitative estimate of drug-likeness (QED) is 0.390. The minimum absolute atomic E-state index is 0.193. The molecule has 0 heterocycles. The number of nitrogens with one attached hydrogen (secondary N) is 1. The molecule has 0 aromatic rings. The molecular weight excluding hydrogens is 268 g/mol. The zero-order valence-corrected chi connectivity index (χ0v) is 9.78. The van der Waals surface area contributed by atoms with Crippen LogP contribution in [0.3, 0.4) is 0 Å². The summed E-state index contributed by atoms with van der Waals surface area (Å²) in [5.41, 5.74) is 0. The molecule has 3 heteroatoms. The standard InChI is InChI=1S/C9H19FIN/c10-6-5-9-12-8-4-2-1-3-7-11/h12H,1-9H2. The van der Waals surface area contributed by atoms with Crippen molar-refractivity contribution in [2.75, 3.05) is 24.2 Å². The summed E-state index contributed by atoms with van der Waals surface area (Å²) in [6.07, 6.45) is 5.89. The van der Waals surface area contributed by atoms with Gasteiger partial charge in [-0.25, -0.2) is 0 Å². The Morgan fingerprint density at radius 2 is 1.58 bits per heavy atom. The van der Waals surface area contributed by atoms with Crippen LogP contribution in [0.25, 0.3) is 0 Å². The van der Waals surface area contributed by atoms with Gasteiger partial charge in [-0.1, -0.05) is 35.4 Å². The van der Waals surface area contributed by atoms with Crippen molar-refractivity contribution in [2.45, 2.75) is 32.1 Å². The van der Waals surface area contributed by atoms with Crippen molar-refractivity contribution in [1.29, 1.82) is 0 Å². The third-order valence-corrected chi connectivity index (χ3v) is 2.49. The second-order valence-electron chi connectivity index (χ2n) is 2.90. The monoisotopic (exact) mass is 287 g/mol. The van der Waals surface area contributed by atoms with Crippen LogP contribution in [0.5, 0.6) is 0 Å². The van der Waals surface area contributed by atoms with Crippen molar-refractivity contribution in [3.63, 3.8) is 0 Å². The second-order valence-corrected chi connectivity index (χ2v) is 3.97. The first-order valence-electron chi connectivity index (χ1n) is 4.74. The summed E-state index contributed by atoms with van der Waals surface area (Å²) in [6, 6.07) is 0. The van der Waals surface area contributed by atoms with Crippen LogP contribution in [-0.4, -0.2) is 24.2 Å². The number of unbranched alkanes of at least 4 members (excludes halogenated alkanes) is 3. The molecule has 0 bridgehead atoms. The SMILES string of the molecule is FCCCNCCCCCCI. The minimum Gasteiger partial charge on any atom is -0.317 e. The fourth-order valence-corrected chi connectivity index (χ4v) is 1.55. The summed E-state index contributed by atoms with van der Waals surface area (Å²) in [5.74, 6) is 0. The third-order valence-electron chi connectivity index (χ3n) is 1.72. The van der Waals surface area contributed by atoms with E-state index in [1.807, 2.05) is 0 Å². The molecule has 0 atom stereocenters. The van der Waals surface area contributed by atoms with Gasteiger partial charge >= 0.3 is 0 Å². The molecule has 0 unspecified atom stereocenters. The van der Waals surface area contributed by atoms with Crippen molar-refractivity contribution in [1.82, 2.24) is 5.32 Å². The Labute approximate surface area is 88.6 Å². The van der Waals surface area contributed by atoms with Crippen LogP contribution in [0.1, 0.15) is 32.1 Å². The van der Waals surface area contributed by atoms with Gasteiger partial charge in [0.1, 0.15) is 0 Å². The Morgan fingerprint density at radius 3 is 2.25 bits per heavy atom. The first kappa shape index (κ1) is 12.6. The minimum atomic E-state index is -0.193. The fraction of sp³-hybridized carbons (Fsp3) is 1.00. The number of hydrogen-bond donors (Lipinski definition) is 1. The van der Waals surface area contributed by atoms with Crippen LogP contribution in [-0.2, 0) is 0 Å². The maximum absolute atomic E-state index is 11.6. The number of rotatable bonds is 9. The van der Waals surface area contributed by atoms with Gasteiger partial charge in [-0.05, 0) is 36.8 Å². The Balaban J connectivity index is 2.73. The zero-order chi connectivity index (χ0) is 9.07. The molecule has 1 N–H and O–H groups in total. The lowest BCUT2D eigenvalue weighted by Crippen LogP contribution is -2.16. The third kappa shape index (κ3) is 10.6. The van der Waals surface area contributed by atoms with Gasteiger partial charge in [-0.15, -0.1) is 0 Å². The van der Waals surface area contributed by atoms with Crippen LogP contribution in [0.4, 0.5) is 4.39 Å². The summed E-state index contributed by atoms with van der Waals surface area (Å²) in [7, 11) is 0. The molecule has 0 fully saturated rings. The van der Waals surface area contributed by atoms with E-state index in [0.717, 1.165) is 13.1 Å². The fourth-order valence-electron chi connectivity index (χ4n) is 1.01. The summed E-state index contributed by atoms with van der Waals surface area (Å²) in [6.45, 7) is 1.70. The van der Waals surface area contributed by atoms with Gasteiger partial charge in [0.05, 0.1) is 6.67 Å². The highest BCUT2D eigenvalue weighted by Crippen LogP contribution is 2.01. The predicted octanol–water partition coefficient (Wildman–Crippen LogP) is 2.93. The van der Waals surface area contributed by atoms with E-state index in [1.54, 1.807) is 0 Å². The summed E-state index contributed by atoms with van der Waals surface area (Å²) >= 11 is 2.41. The lowest BCUT2D eigenvalue weighted by Gasteiger charge is -2.02. The second kappa shape index (κ2) is 11.6. The average molecular weight is 287 g/mol. The van der Waals surface area contributed by atoms with Gasteiger partial charge in [-0.2, -0.15) is 0 Å². The molecule has 0 aromatic heterocycles. The molecule has 0 saturated carbocycles. The van der Waals surface area contributed by atoms with Crippen molar-refractivity contribution >= 4 is 22.6 Å². The maximum atomic E-state index is 11.6. The van der Waals surface area contributed by atoms with Crippen molar-refractivity contribution < 1.29 is 4.39 Å². The lowest BCUT2D eigenvalue weighted by atomic mass is 10.2. The van der Waals surface area contributed by atoms with E-state index in [2.05, 4.69) is 27.9 Å². The molecule has 74 valence electrons. The van der Waals surface area contributed by atoms with E-state index >= 15 is 0 Å². The van der Waals surface area contributed by atoms with Gasteiger partial charge in [-0.3, -0.25) is 4.39 Å². The molecule has 12 heavy (non-hydrogen) atoms. The maximum Gasteiger partial charge on any atom is 0.0906 e. The van der Waals surface area contributed by atoms with E-state index in [1.165, 1.54) is 30.1 Å². The first-order valence-corrected chi connectivity index (χ1v) is 6.27. The molecule has 0 spiro atoms. The summed E-state index contributed by atoms with van der Waals surface area (Å²) < 4.78 is 12.9. The molecule has 0 aliphatic carbocycles. The molecular formula is C9H19FIN. The Hall–Kier alpha value is 0.620. The average Bonchev–Trinajstić information content (AvgIpc) is 2.10. The van der Waals surface area contributed by atoms with E-state index in [-0.39, 0.29) is 6.67 Å². The van der Waals surface area contributed by atoms with E-state index in [4.69, 9.17) is 0 Å². The summed E-state index contributed by atoms with van der Waals surface area (Å²) in [4.78, 5) is 0. The molecule has 0 aliphatic rings. The Kier molecular flexibility index (Phi) is 12.2. The molecule has 1 nitrogen and oxygen atoms in total. The number of halogens is 2. The molecule has 0 aromatic carbocycles. The van der Waals surface area contributed by atoms with Crippen LogP contribution in [0.15, 0.2) is 0 Å². The smallest absolute Gasteiger partial charge is 0.0906 e. The van der Waals surface area contributed by atoms with Crippen molar-refractivity contribution in [3.8, 4) is 0 Å². The Morgan fingerprint density at radius 1 is 0.917 bits per heavy atom. The Bertz CT molecular complexity index is 70.9. The van der Waals surface area contributed by atoms with E-state index in [9.17, 15) is 4.39 Å². The highest BCUT2D eigenvalue weighted by atomic mass is 127. The van der Waals surface area contributed by atoms with Crippen LogP contribution in [0, 0.1) is 0 Å². The van der Waals surface area contributed by atoms with E-state index in [0.29, 0.717) is 6.42 Å².